The number of hydrogen-bond donors (Lipinski definition) is 0. The predicted octanol–water partition coefficient (Wildman–Crippen LogP) is 6.06. The molecule has 0 radical (unpaired) electrons. The fourth-order valence-electron chi connectivity index (χ4n) is 3.94. The number of fused-ring (bicyclic) bond motifs is 1. The minimum atomic E-state index is -3.93. The van der Waals surface area contributed by atoms with Gasteiger partial charge in [0.25, 0.3) is 10.0 Å². The van der Waals surface area contributed by atoms with Crippen molar-refractivity contribution in [1.29, 1.82) is 0 Å². The molecule has 7 heteroatoms. The molecule has 0 N–H and O–H groups in total. The van der Waals surface area contributed by atoms with Crippen LogP contribution in [-0.4, -0.2) is 24.5 Å². The van der Waals surface area contributed by atoms with Gasteiger partial charge in [-0.1, -0.05) is 54.1 Å². The molecular weight excluding hydrogens is 451 g/mol. The van der Waals surface area contributed by atoms with Gasteiger partial charge in [0.05, 0.1) is 12.0 Å². The molecule has 170 valence electrons. The Bertz CT molecular complexity index is 1610. The number of pyridine rings is 1. The van der Waals surface area contributed by atoms with Crippen LogP contribution in [0.4, 0.5) is 4.39 Å². The van der Waals surface area contributed by atoms with Gasteiger partial charge in [-0.3, -0.25) is 0 Å². The van der Waals surface area contributed by atoms with E-state index in [1.807, 2.05) is 43.3 Å². The van der Waals surface area contributed by atoms with Gasteiger partial charge in [-0.25, -0.2) is 21.8 Å². The van der Waals surface area contributed by atoms with Crippen molar-refractivity contribution < 1.29 is 17.5 Å². The first-order valence-electron chi connectivity index (χ1n) is 10.6. The highest BCUT2D eigenvalue weighted by atomic mass is 32.2. The maximum atomic E-state index is 14.6. The normalized spacial score (nSPS) is 11.6. The van der Waals surface area contributed by atoms with Gasteiger partial charge in [0.1, 0.15) is 0 Å². The average molecular weight is 473 g/mol. The van der Waals surface area contributed by atoms with Crippen molar-refractivity contribution in [3.05, 3.63) is 103 Å². The lowest BCUT2D eigenvalue weighted by Crippen LogP contribution is -2.12. The number of benzene rings is 3. The molecule has 0 aliphatic heterocycles. The molecule has 0 unspecified atom stereocenters. The van der Waals surface area contributed by atoms with Crippen LogP contribution < -0.4 is 4.74 Å². The summed E-state index contributed by atoms with van der Waals surface area (Å²) < 4.78 is 47.9. The Labute approximate surface area is 197 Å². The standard InChI is InChI=1S/C27H21FN2O3S/c1-18-8-11-22(12-9-18)34(31,32)30-17-24(20-10-13-26(33-2)25(28)15-20)23-14-21(16-29-27(23)30)19-6-4-3-5-7-19/h3-17H,1-2H3. The SMILES string of the molecule is COc1ccc(-c2cn(S(=O)(=O)c3ccc(C)cc3)c3ncc(-c4ccccc4)cc23)cc1F. The van der Waals surface area contributed by atoms with Gasteiger partial charge in [-0.05, 0) is 48.4 Å². The first-order chi connectivity index (χ1) is 16.4. The van der Waals surface area contributed by atoms with Crippen LogP contribution in [0.3, 0.4) is 0 Å². The molecule has 0 bridgehead atoms. The molecule has 0 spiro atoms. The lowest BCUT2D eigenvalue weighted by molar-refractivity contribution is 0.386. The molecule has 5 aromatic rings. The zero-order chi connectivity index (χ0) is 23.9. The summed E-state index contributed by atoms with van der Waals surface area (Å²) in [7, 11) is -2.54. The van der Waals surface area contributed by atoms with Crippen molar-refractivity contribution in [3.8, 4) is 28.0 Å². The molecule has 0 atom stereocenters. The Balaban J connectivity index is 1.77. The topological polar surface area (TPSA) is 61.2 Å². The molecule has 3 aromatic carbocycles. The van der Waals surface area contributed by atoms with Crippen molar-refractivity contribution in [1.82, 2.24) is 8.96 Å². The van der Waals surface area contributed by atoms with Gasteiger partial charge in [-0.15, -0.1) is 0 Å². The third-order valence-electron chi connectivity index (χ3n) is 5.76. The fourth-order valence-corrected chi connectivity index (χ4v) is 5.26. The summed E-state index contributed by atoms with van der Waals surface area (Å²) in [6.45, 7) is 1.89. The number of aryl methyl sites for hydroxylation is 1. The number of hydrogen-bond acceptors (Lipinski definition) is 4. The van der Waals surface area contributed by atoms with Crippen LogP contribution in [0.5, 0.6) is 5.75 Å². The van der Waals surface area contributed by atoms with E-state index >= 15 is 0 Å². The van der Waals surface area contributed by atoms with Crippen LogP contribution in [0.2, 0.25) is 0 Å². The Morgan fingerprint density at radius 2 is 1.62 bits per heavy atom. The maximum Gasteiger partial charge on any atom is 0.269 e. The lowest BCUT2D eigenvalue weighted by atomic mass is 10.0. The van der Waals surface area contributed by atoms with E-state index in [1.54, 1.807) is 36.5 Å². The molecule has 0 saturated carbocycles. The summed E-state index contributed by atoms with van der Waals surface area (Å²) in [4.78, 5) is 4.68. The number of ether oxygens (including phenoxy) is 1. The molecule has 34 heavy (non-hydrogen) atoms. The number of methoxy groups -OCH3 is 1. The molecule has 0 amide bonds. The van der Waals surface area contributed by atoms with Gasteiger partial charge >= 0.3 is 0 Å². The minimum Gasteiger partial charge on any atom is -0.494 e. The highest BCUT2D eigenvalue weighted by Gasteiger charge is 2.23. The third-order valence-corrected chi connectivity index (χ3v) is 7.42. The average Bonchev–Trinajstić information content (AvgIpc) is 3.24. The highest BCUT2D eigenvalue weighted by molar-refractivity contribution is 7.90. The van der Waals surface area contributed by atoms with Crippen LogP contribution in [0.25, 0.3) is 33.3 Å². The quantitative estimate of drug-likeness (QED) is 0.312. The Morgan fingerprint density at radius 3 is 2.29 bits per heavy atom. The van der Waals surface area contributed by atoms with Crippen molar-refractivity contribution in [2.45, 2.75) is 11.8 Å². The second kappa shape index (κ2) is 8.43. The smallest absolute Gasteiger partial charge is 0.269 e. The van der Waals surface area contributed by atoms with Gasteiger partial charge < -0.3 is 4.74 Å². The molecule has 5 rings (SSSR count). The van der Waals surface area contributed by atoms with E-state index in [1.165, 1.54) is 29.4 Å². The van der Waals surface area contributed by atoms with Crippen LogP contribution in [0.15, 0.2) is 96.2 Å². The number of halogens is 1. The van der Waals surface area contributed by atoms with E-state index in [4.69, 9.17) is 4.74 Å². The highest BCUT2D eigenvalue weighted by Crippen LogP contribution is 2.36. The predicted molar refractivity (Wildman–Crippen MR) is 131 cm³/mol. The van der Waals surface area contributed by atoms with Crippen LogP contribution >= 0.6 is 0 Å². The van der Waals surface area contributed by atoms with E-state index in [0.29, 0.717) is 16.5 Å². The van der Waals surface area contributed by atoms with Crippen molar-refractivity contribution in [2.75, 3.05) is 7.11 Å². The van der Waals surface area contributed by atoms with Crippen molar-refractivity contribution >= 4 is 21.1 Å². The minimum absolute atomic E-state index is 0.114. The molecule has 5 nitrogen and oxygen atoms in total. The van der Waals surface area contributed by atoms with Gasteiger partial charge in [0.2, 0.25) is 0 Å². The van der Waals surface area contributed by atoms with Crippen LogP contribution in [0, 0.1) is 12.7 Å². The zero-order valence-electron chi connectivity index (χ0n) is 18.6. The molecule has 0 saturated heterocycles. The monoisotopic (exact) mass is 472 g/mol. The van der Waals surface area contributed by atoms with Crippen molar-refractivity contribution in [3.63, 3.8) is 0 Å². The summed E-state index contributed by atoms with van der Waals surface area (Å²) in [6, 6.07) is 22.8. The number of rotatable bonds is 5. The lowest BCUT2D eigenvalue weighted by Gasteiger charge is -2.08. The van der Waals surface area contributed by atoms with Crippen molar-refractivity contribution in [2.24, 2.45) is 0 Å². The van der Waals surface area contributed by atoms with E-state index in [9.17, 15) is 12.8 Å². The molecule has 0 aliphatic carbocycles. The second-order valence-corrected chi connectivity index (χ2v) is 9.78. The summed E-state index contributed by atoms with van der Waals surface area (Å²) in [6.07, 6.45) is 3.15. The summed E-state index contributed by atoms with van der Waals surface area (Å²) in [5.41, 5.74) is 4.07. The summed E-state index contributed by atoms with van der Waals surface area (Å²) in [5.74, 6) is -0.419. The Hall–Kier alpha value is -3.97. The van der Waals surface area contributed by atoms with Gasteiger partial charge in [0.15, 0.2) is 17.2 Å². The molecule has 0 fully saturated rings. The first-order valence-corrected chi connectivity index (χ1v) is 12.0. The third kappa shape index (κ3) is 3.74. The van der Waals surface area contributed by atoms with E-state index in [-0.39, 0.29) is 16.3 Å². The van der Waals surface area contributed by atoms with E-state index in [0.717, 1.165) is 16.7 Å². The Kier molecular flexibility index (Phi) is 5.42. The summed E-state index contributed by atoms with van der Waals surface area (Å²) >= 11 is 0. The van der Waals surface area contributed by atoms with Crippen LogP contribution in [0.1, 0.15) is 5.56 Å². The molecule has 0 aliphatic rings. The largest absolute Gasteiger partial charge is 0.494 e. The molecular formula is C27H21FN2O3S. The van der Waals surface area contributed by atoms with Gasteiger partial charge in [0, 0.05) is 28.9 Å². The zero-order valence-corrected chi connectivity index (χ0v) is 19.4. The van der Waals surface area contributed by atoms with E-state index < -0.39 is 15.8 Å². The Morgan fingerprint density at radius 1 is 0.882 bits per heavy atom. The summed E-state index contributed by atoms with van der Waals surface area (Å²) in [5, 5.41) is 0.599. The second-order valence-electron chi connectivity index (χ2n) is 7.97. The molecule has 2 aromatic heterocycles. The number of aromatic nitrogens is 2. The molecule has 2 heterocycles. The fraction of sp³-hybridized carbons (Fsp3) is 0.0741. The maximum absolute atomic E-state index is 14.6. The van der Waals surface area contributed by atoms with E-state index in [2.05, 4.69) is 4.98 Å². The van der Waals surface area contributed by atoms with Crippen LogP contribution in [-0.2, 0) is 10.0 Å². The number of nitrogens with zero attached hydrogens (tertiary/aromatic N) is 2. The van der Waals surface area contributed by atoms with Gasteiger partial charge in [-0.2, -0.15) is 0 Å². The first kappa shape index (κ1) is 21.9.